The molecule has 0 bridgehead atoms. The van der Waals surface area contributed by atoms with E-state index >= 15 is 0 Å². The Bertz CT molecular complexity index is 547. The van der Waals surface area contributed by atoms with E-state index < -0.39 is 0 Å². The SMILES string of the molecule is CC(C)n1ncnc1CNc1ccc(C(C)(C)C)cc1. The molecule has 4 nitrogen and oxygen atoms in total. The lowest BCUT2D eigenvalue weighted by Crippen LogP contribution is -2.13. The van der Waals surface area contributed by atoms with Gasteiger partial charge < -0.3 is 5.32 Å². The normalized spacial score (nSPS) is 11.9. The molecule has 0 radical (unpaired) electrons. The predicted molar refractivity (Wildman–Crippen MR) is 82.9 cm³/mol. The van der Waals surface area contributed by atoms with Crippen molar-refractivity contribution in [3.05, 3.63) is 42.0 Å². The minimum Gasteiger partial charge on any atom is -0.378 e. The molecule has 0 aliphatic heterocycles. The molecule has 0 spiro atoms. The van der Waals surface area contributed by atoms with Crippen LogP contribution in [0.1, 0.15) is 52.0 Å². The second-order valence-electron chi connectivity index (χ2n) is 6.40. The summed E-state index contributed by atoms with van der Waals surface area (Å²) >= 11 is 0. The fraction of sp³-hybridized carbons (Fsp3) is 0.500. The summed E-state index contributed by atoms with van der Waals surface area (Å²) < 4.78 is 1.94. The predicted octanol–water partition coefficient (Wildman–Crippen LogP) is 3.77. The van der Waals surface area contributed by atoms with Crippen LogP contribution < -0.4 is 5.32 Å². The van der Waals surface area contributed by atoms with E-state index in [0.717, 1.165) is 11.5 Å². The number of nitrogens with zero attached hydrogens (tertiary/aromatic N) is 3. The third kappa shape index (κ3) is 3.38. The Labute approximate surface area is 121 Å². The summed E-state index contributed by atoms with van der Waals surface area (Å²) in [6, 6.07) is 8.93. The molecule has 20 heavy (non-hydrogen) atoms. The lowest BCUT2D eigenvalue weighted by molar-refractivity contribution is 0.509. The second kappa shape index (κ2) is 5.65. The maximum atomic E-state index is 4.30. The topological polar surface area (TPSA) is 42.7 Å². The number of nitrogens with one attached hydrogen (secondary N) is 1. The highest BCUT2D eigenvalue weighted by molar-refractivity contribution is 5.45. The Hall–Kier alpha value is -1.84. The fourth-order valence-corrected chi connectivity index (χ4v) is 2.10. The average Bonchev–Trinajstić information content (AvgIpc) is 2.84. The Morgan fingerprint density at radius 1 is 1.15 bits per heavy atom. The molecule has 0 saturated heterocycles. The molecule has 2 rings (SSSR count). The summed E-state index contributed by atoms with van der Waals surface area (Å²) in [5.41, 5.74) is 2.64. The van der Waals surface area contributed by atoms with Gasteiger partial charge in [-0.2, -0.15) is 5.10 Å². The zero-order valence-electron chi connectivity index (χ0n) is 13.0. The van der Waals surface area contributed by atoms with Gasteiger partial charge in [-0.25, -0.2) is 9.67 Å². The summed E-state index contributed by atoms with van der Waals surface area (Å²) in [5.74, 6) is 0.958. The third-order valence-corrected chi connectivity index (χ3v) is 3.34. The molecule has 0 aliphatic rings. The number of hydrogen-bond acceptors (Lipinski definition) is 3. The number of benzene rings is 1. The monoisotopic (exact) mass is 272 g/mol. The lowest BCUT2D eigenvalue weighted by Gasteiger charge is -2.19. The molecule has 4 heteroatoms. The Morgan fingerprint density at radius 2 is 1.80 bits per heavy atom. The van der Waals surface area contributed by atoms with Crippen LogP contribution >= 0.6 is 0 Å². The molecule has 0 amide bonds. The van der Waals surface area contributed by atoms with Crippen LogP contribution in [-0.2, 0) is 12.0 Å². The van der Waals surface area contributed by atoms with Crippen molar-refractivity contribution in [3.63, 3.8) is 0 Å². The number of anilines is 1. The first-order chi connectivity index (χ1) is 9.38. The van der Waals surface area contributed by atoms with Gasteiger partial charge in [-0.1, -0.05) is 32.9 Å². The van der Waals surface area contributed by atoms with Gasteiger partial charge >= 0.3 is 0 Å². The second-order valence-corrected chi connectivity index (χ2v) is 6.40. The largest absolute Gasteiger partial charge is 0.378 e. The highest BCUT2D eigenvalue weighted by Crippen LogP contribution is 2.23. The average molecular weight is 272 g/mol. The van der Waals surface area contributed by atoms with E-state index in [1.165, 1.54) is 5.56 Å². The van der Waals surface area contributed by atoms with E-state index in [1.807, 2.05) is 4.68 Å². The summed E-state index contributed by atoms with van der Waals surface area (Å²) in [6.45, 7) is 11.6. The van der Waals surface area contributed by atoms with Gasteiger partial charge in [-0.05, 0) is 37.0 Å². The molecule has 1 heterocycles. The fourth-order valence-electron chi connectivity index (χ4n) is 2.10. The van der Waals surface area contributed by atoms with Crippen LogP contribution in [-0.4, -0.2) is 14.8 Å². The van der Waals surface area contributed by atoms with Crippen molar-refractivity contribution in [1.82, 2.24) is 14.8 Å². The van der Waals surface area contributed by atoms with Gasteiger partial charge in [0, 0.05) is 11.7 Å². The molecule has 0 fully saturated rings. The van der Waals surface area contributed by atoms with Crippen LogP contribution in [0.5, 0.6) is 0 Å². The zero-order valence-corrected chi connectivity index (χ0v) is 13.0. The van der Waals surface area contributed by atoms with Crippen LogP contribution in [0.15, 0.2) is 30.6 Å². The number of aromatic nitrogens is 3. The van der Waals surface area contributed by atoms with E-state index in [0.29, 0.717) is 12.6 Å². The molecule has 1 aromatic carbocycles. The van der Waals surface area contributed by atoms with E-state index in [4.69, 9.17) is 0 Å². The summed E-state index contributed by atoms with van der Waals surface area (Å²) in [7, 11) is 0. The number of rotatable bonds is 4. The molecule has 1 aromatic heterocycles. The minimum absolute atomic E-state index is 0.191. The van der Waals surface area contributed by atoms with Crippen molar-refractivity contribution in [1.29, 1.82) is 0 Å². The Kier molecular flexibility index (Phi) is 4.12. The molecule has 0 aliphatic carbocycles. The quantitative estimate of drug-likeness (QED) is 0.921. The first-order valence-corrected chi connectivity index (χ1v) is 7.10. The molecular weight excluding hydrogens is 248 g/mol. The van der Waals surface area contributed by atoms with E-state index in [-0.39, 0.29) is 5.41 Å². The van der Waals surface area contributed by atoms with Crippen LogP contribution in [0.2, 0.25) is 0 Å². The van der Waals surface area contributed by atoms with Crippen LogP contribution in [0.25, 0.3) is 0 Å². The van der Waals surface area contributed by atoms with Gasteiger partial charge in [0.15, 0.2) is 0 Å². The van der Waals surface area contributed by atoms with Crippen molar-refractivity contribution < 1.29 is 0 Å². The van der Waals surface area contributed by atoms with Crippen LogP contribution in [0, 0.1) is 0 Å². The smallest absolute Gasteiger partial charge is 0.146 e. The van der Waals surface area contributed by atoms with E-state index in [1.54, 1.807) is 6.33 Å². The van der Waals surface area contributed by atoms with Gasteiger partial charge in [-0.15, -0.1) is 0 Å². The standard InChI is InChI=1S/C16H24N4/c1-12(2)20-15(18-11-19-20)10-17-14-8-6-13(7-9-14)16(3,4)5/h6-9,11-12,17H,10H2,1-5H3. The molecule has 1 N–H and O–H groups in total. The van der Waals surface area contributed by atoms with Crippen molar-refractivity contribution in [2.75, 3.05) is 5.32 Å². The molecular formula is C16H24N4. The van der Waals surface area contributed by atoms with Crippen molar-refractivity contribution >= 4 is 5.69 Å². The highest BCUT2D eigenvalue weighted by atomic mass is 15.3. The van der Waals surface area contributed by atoms with Crippen LogP contribution in [0.3, 0.4) is 0 Å². The highest BCUT2D eigenvalue weighted by Gasteiger charge is 2.13. The lowest BCUT2D eigenvalue weighted by atomic mass is 9.87. The minimum atomic E-state index is 0.191. The van der Waals surface area contributed by atoms with Gasteiger partial charge in [0.05, 0.1) is 6.54 Å². The molecule has 0 saturated carbocycles. The van der Waals surface area contributed by atoms with Gasteiger partial charge in [-0.3, -0.25) is 0 Å². The Balaban J connectivity index is 2.02. The van der Waals surface area contributed by atoms with Crippen LogP contribution in [0.4, 0.5) is 5.69 Å². The van der Waals surface area contributed by atoms with Gasteiger partial charge in [0.2, 0.25) is 0 Å². The van der Waals surface area contributed by atoms with Crippen molar-refractivity contribution in [3.8, 4) is 0 Å². The van der Waals surface area contributed by atoms with Gasteiger partial charge in [0.25, 0.3) is 0 Å². The first-order valence-electron chi connectivity index (χ1n) is 7.10. The number of hydrogen-bond donors (Lipinski definition) is 1. The molecule has 108 valence electrons. The summed E-state index contributed by atoms with van der Waals surface area (Å²) in [5, 5.41) is 7.64. The van der Waals surface area contributed by atoms with Crippen molar-refractivity contribution in [2.45, 2.75) is 52.6 Å². The molecule has 2 aromatic rings. The Morgan fingerprint density at radius 3 is 2.35 bits per heavy atom. The van der Waals surface area contributed by atoms with E-state index in [2.05, 4.69) is 74.3 Å². The maximum Gasteiger partial charge on any atom is 0.146 e. The zero-order chi connectivity index (χ0) is 14.8. The summed E-state index contributed by atoms with van der Waals surface area (Å²) in [6.07, 6.45) is 1.61. The molecule has 0 unspecified atom stereocenters. The maximum absolute atomic E-state index is 4.30. The van der Waals surface area contributed by atoms with Crippen molar-refractivity contribution in [2.24, 2.45) is 0 Å². The first kappa shape index (κ1) is 14.6. The molecule has 0 atom stereocenters. The third-order valence-electron chi connectivity index (χ3n) is 3.34. The van der Waals surface area contributed by atoms with E-state index in [9.17, 15) is 0 Å². The van der Waals surface area contributed by atoms with Gasteiger partial charge in [0.1, 0.15) is 12.2 Å². The summed E-state index contributed by atoms with van der Waals surface area (Å²) in [4.78, 5) is 4.30.